The summed E-state index contributed by atoms with van der Waals surface area (Å²) in [7, 11) is 0. The molecule has 1 aromatic heterocycles. The van der Waals surface area contributed by atoms with Crippen LogP contribution in [0.4, 0.5) is 0 Å². The minimum Gasteiger partial charge on any atom is -0.508 e. The van der Waals surface area contributed by atoms with Crippen LogP contribution >= 0.6 is 0 Å². The zero-order chi connectivity index (χ0) is 46.1. The molecular formula is C42H46O22. The van der Waals surface area contributed by atoms with Gasteiger partial charge in [-0.1, -0.05) is 12.1 Å². The van der Waals surface area contributed by atoms with E-state index >= 15 is 0 Å². The fourth-order valence-corrected chi connectivity index (χ4v) is 7.18. The number of aliphatic hydroxyl groups is 9. The predicted molar refractivity (Wildman–Crippen MR) is 212 cm³/mol. The van der Waals surface area contributed by atoms with Gasteiger partial charge in [-0.3, -0.25) is 4.79 Å². The molecule has 3 aliphatic rings. The van der Waals surface area contributed by atoms with Crippen LogP contribution in [0.1, 0.15) is 12.5 Å². The van der Waals surface area contributed by atoms with Gasteiger partial charge < -0.3 is 98.9 Å². The van der Waals surface area contributed by atoms with Crippen LogP contribution in [-0.4, -0.2) is 173 Å². The number of aromatic hydroxyl groups is 3. The Kier molecular flexibility index (Phi) is 14.1. The molecule has 0 saturated carbocycles. The Labute approximate surface area is 361 Å². The van der Waals surface area contributed by atoms with E-state index in [4.69, 9.17) is 37.6 Å². The molecule has 346 valence electrons. The molecule has 4 aromatic rings. The molecule has 3 fully saturated rings. The fraction of sp³-hybridized carbons (Fsp3) is 0.429. The number of phenolic OH excluding ortho intramolecular Hbond substituents is 3. The van der Waals surface area contributed by atoms with Gasteiger partial charge >= 0.3 is 5.97 Å². The molecular weight excluding hydrogens is 856 g/mol. The van der Waals surface area contributed by atoms with E-state index < -0.39 is 134 Å². The van der Waals surface area contributed by atoms with E-state index in [1.165, 1.54) is 61.5 Å². The van der Waals surface area contributed by atoms with Gasteiger partial charge in [0.25, 0.3) is 0 Å². The van der Waals surface area contributed by atoms with Gasteiger partial charge in [0.2, 0.25) is 23.8 Å². The van der Waals surface area contributed by atoms with Crippen LogP contribution in [-0.2, 0) is 28.5 Å². The predicted octanol–water partition coefficient (Wildman–Crippen LogP) is -1.95. The van der Waals surface area contributed by atoms with Crippen molar-refractivity contribution in [2.75, 3.05) is 13.2 Å². The second-order valence-corrected chi connectivity index (χ2v) is 15.2. The lowest BCUT2D eigenvalue weighted by atomic mass is 9.97. The summed E-state index contributed by atoms with van der Waals surface area (Å²) in [5, 5.41) is 125. The Morgan fingerprint density at radius 3 is 1.95 bits per heavy atom. The summed E-state index contributed by atoms with van der Waals surface area (Å²) in [6.45, 7) is -0.0916. The SMILES string of the molecule is C[C@@H]1O[C@@H](Oc2c(-c3ccc(O)cc3)oc3cc(O[C@@H]4O[C@H](CO)[C@@H](O)[C@H](O)[C@H]4O)cc(O)c3c2=O)[C@H](O[C@@H]2O[C@H](COC(=O)/C=C/c3ccc(O)cc3)[C@@H](O)[C@H](O)[C@H]2O)[C@H](O)[C@H]1O. The Balaban J connectivity index is 1.17. The smallest absolute Gasteiger partial charge is 0.330 e. The molecule has 22 heteroatoms. The standard InChI is InChI=1S/C42H46O22/c1-16-28(48)34(54)39(64-41-36(56)33(53)30(50)25(62-41)15-57-26(47)11-4-17-2-7-19(44)8-3-17)42(58-16)63-38-31(51)27-22(46)12-21(59-40-35(55)32(52)29(49)24(14-43)61-40)13-23(27)60-37(38)18-5-9-20(45)10-6-18/h2-13,16,24-25,28-30,32-36,39-46,48-50,52-56H,14-15H2,1H3/b11-4+/t16-,24+,25+,28-,29+,30+,32-,33-,34+,35+,36+,39+,40+,41-,42-/m0/s1. The number of fused-ring (bicyclic) bond motifs is 1. The summed E-state index contributed by atoms with van der Waals surface area (Å²) >= 11 is 0. The first-order valence-electron chi connectivity index (χ1n) is 19.7. The number of rotatable bonds is 12. The van der Waals surface area contributed by atoms with Crippen molar-refractivity contribution in [1.82, 2.24) is 0 Å². The molecule has 64 heavy (non-hydrogen) atoms. The molecule has 0 spiro atoms. The maximum absolute atomic E-state index is 14.4. The first kappa shape index (κ1) is 46.5. The quantitative estimate of drug-likeness (QED) is 0.0543. The Hall–Kier alpha value is -5.44. The highest BCUT2D eigenvalue weighted by Gasteiger charge is 2.51. The molecule has 22 nitrogen and oxygen atoms in total. The first-order valence-corrected chi connectivity index (χ1v) is 19.7. The summed E-state index contributed by atoms with van der Waals surface area (Å²) in [6.07, 6.45) is -23.9. The van der Waals surface area contributed by atoms with Crippen LogP contribution < -0.4 is 14.9 Å². The summed E-state index contributed by atoms with van der Waals surface area (Å²) in [4.78, 5) is 26.9. The lowest BCUT2D eigenvalue weighted by Crippen LogP contribution is -2.64. The zero-order valence-electron chi connectivity index (χ0n) is 33.5. The minimum absolute atomic E-state index is 0.00919. The lowest BCUT2D eigenvalue weighted by molar-refractivity contribution is -0.355. The van der Waals surface area contributed by atoms with E-state index in [0.717, 1.165) is 18.2 Å². The monoisotopic (exact) mass is 902 g/mol. The van der Waals surface area contributed by atoms with Gasteiger partial charge in [0, 0.05) is 23.8 Å². The molecule has 0 radical (unpaired) electrons. The van der Waals surface area contributed by atoms with E-state index in [2.05, 4.69) is 0 Å². The van der Waals surface area contributed by atoms with E-state index in [1.807, 2.05) is 0 Å². The van der Waals surface area contributed by atoms with Gasteiger partial charge in [0.05, 0.1) is 12.7 Å². The summed E-state index contributed by atoms with van der Waals surface area (Å²) in [5.41, 5.74) is -0.785. The fourth-order valence-electron chi connectivity index (χ4n) is 7.18. The zero-order valence-corrected chi connectivity index (χ0v) is 33.5. The van der Waals surface area contributed by atoms with Crippen molar-refractivity contribution < 1.29 is 104 Å². The highest BCUT2D eigenvalue weighted by molar-refractivity contribution is 5.88. The molecule has 12 N–H and O–H groups in total. The van der Waals surface area contributed by atoms with Crippen LogP contribution in [0, 0.1) is 0 Å². The number of hydrogen-bond donors (Lipinski definition) is 12. The molecule has 3 aromatic carbocycles. The highest BCUT2D eigenvalue weighted by atomic mass is 16.8. The second kappa shape index (κ2) is 19.3. The lowest BCUT2D eigenvalue weighted by Gasteiger charge is -2.45. The van der Waals surface area contributed by atoms with Gasteiger partial charge in [0.15, 0.2) is 18.2 Å². The van der Waals surface area contributed by atoms with Crippen molar-refractivity contribution in [3.05, 3.63) is 82.5 Å². The van der Waals surface area contributed by atoms with Crippen molar-refractivity contribution in [3.63, 3.8) is 0 Å². The third-order valence-corrected chi connectivity index (χ3v) is 10.8. The molecule has 4 heterocycles. The normalized spacial score (nSPS) is 33.2. The highest BCUT2D eigenvalue weighted by Crippen LogP contribution is 2.39. The summed E-state index contributed by atoms with van der Waals surface area (Å²) in [6, 6.07) is 13.0. The molecule has 7 rings (SSSR count). The van der Waals surface area contributed by atoms with E-state index in [-0.39, 0.29) is 34.2 Å². The third-order valence-electron chi connectivity index (χ3n) is 10.8. The van der Waals surface area contributed by atoms with E-state index in [0.29, 0.717) is 5.56 Å². The van der Waals surface area contributed by atoms with E-state index in [1.54, 1.807) is 0 Å². The molecule has 0 bridgehead atoms. The number of benzene rings is 3. The van der Waals surface area contributed by atoms with Gasteiger partial charge in [-0.15, -0.1) is 0 Å². The maximum atomic E-state index is 14.4. The van der Waals surface area contributed by atoms with Gasteiger partial charge in [-0.2, -0.15) is 0 Å². The van der Waals surface area contributed by atoms with Crippen molar-refractivity contribution >= 4 is 23.0 Å². The number of carbonyl (C=O) groups excluding carboxylic acids is 1. The average molecular weight is 903 g/mol. The van der Waals surface area contributed by atoms with E-state index in [9.17, 15) is 70.9 Å². The molecule has 0 amide bonds. The average Bonchev–Trinajstić information content (AvgIpc) is 3.27. The van der Waals surface area contributed by atoms with Crippen LogP contribution in [0.25, 0.3) is 28.4 Å². The Morgan fingerprint density at radius 1 is 0.688 bits per heavy atom. The molecule has 0 unspecified atom stereocenters. The van der Waals surface area contributed by atoms with Crippen LogP contribution in [0.15, 0.2) is 76.0 Å². The minimum atomic E-state index is -2.03. The molecule has 0 aliphatic carbocycles. The first-order chi connectivity index (χ1) is 30.4. The van der Waals surface area contributed by atoms with Crippen LogP contribution in [0.5, 0.6) is 28.7 Å². The molecule has 3 saturated heterocycles. The van der Waals surface area contributed by atoms with Crippen molar-refractivity contribution in [2.24, 2.45) is 0 Å². The summed E-state index contributed by atoms with van der Waals surface area (Å²) < 4.78 is 45.8. The van der Waals surface area contributed by atoms with Gasteiger partial charge in [-0.05, 0) is 55.0 Å². The second-order valence-electron chi connectivity index (χ2n) is 15.2. The van der Waals surface area contributed by atoms with Crippen molar-refractivity contribution in [1.29, 1.82) is 0 Å². The molecule has 3 aliphatic heterocycles. The summed E-state index contributed by atoms with van der Waals surface area (Å²) in [5.74, 6) is -3.18. The number of aliphatic hydroxyl groups excluding tert-OH is 9. The van der Waals surface area contributed by atoms with Crippen LogP contribution in [0.2, 0.25) is 0 Å². The Bertz CT molecular complexity index is 2330. The maximum Gasteiger partial charge on any atom is 0.330 e. The molecule has 15 atom stereocenters. The van der Waals surface area contributed by atoms with Gasteiger partial charge in [0.1, 0.15) is 102 Å². The largest absolute Gasteiger partial charge is 0.508 e. The topological polar surface area (TPSA) is 355 Å². The van der Waals surface area contributed by atoms with Crippen LogP contribution in [0.3, 0.4) is 0 Å². The number of carbonyl (C=O) groups is 1. The number of ether oxygens (including phenoxy) is 7. The van der Waals surface area contributed by atoms with Crippen molar-refractivity contribution in [2.45, 2.75) is 99.0 Å². The van der Waals surface area contributed by atoms with Gasteiger partial charge in [-0.25, -0.2) is 4.79 Å². The number of hydrogen-bond acceptors (Lipinski definition) is 22. The number of esters is 1. The Morgan fingerprint density at radius 2 is 1.30 bits per heavy atom. The van der Waals surface area contributed by atoms with Crippen molar-refractivity contribution in [3.8, 4) is 40.1 Å². The third kappa shape index (κ3) is 9.64. The number of phenols is 3.